The normalized spacial score (nSPS) is 11.8. The predicted octanol–water partition coefficient (Wildman–Crippen LogP) is 3.96. The van der Waals surface area contributed by atoms with E-state index < -0.39 is 6.10 Å². The van der Waals surface area contributed by atoms with Gasteiger partial charge in [0.15, 0.2) is 6.10 Å². The van der Waals surface area contributed by atoms with Gasteiger partial charge in [0, 0.05) is 5.56 Å². The molecule has 0 saturated heterocycles. The van der Waals surface area contributed by atoms with Crippen LogP contribution in [0.5, 0.6) is 11.5 Å². The number of carbonyl (C=O) groups is 1. The van der Waals surface area contributed by atoms with Crippen LogP contribution in [0.1, 0.15) is 28.4 Å². The maximum Gasteiger partial charge on any atom is 0.203 e. The van der Waals surface area contributed by atoms with Crippen molar-refractivity contribution < 1.29 is 14.3 Å². The van der Waals surface area contributed by atoms with E-state index in [9.17, 15) is 4.79 Å². The third kappa shape index (κ3) is 3.63. The molecule has 0 fully saturated rings. The topological polar surface area (TPSA) is 35.5 Å². The summed E-state index contributed by atoms with van der Waals surface area (Å²) in [7, 11) is 1.61. The Kier molecular flexibility index (Phi) is 4.63. The van der Waals surface area contributed by atoms with E-state index in [2.05, 4.69) is 0 Å². The second-order valence-corrected chi connectivity index (χ2v) is 5.12. The molecule has 0 aromatic heterocycles. The molecule has 110 valence electrons. The molecule has 2 rings (SSSR count). The molecule has 0 amide bonds. The van der Waals surface area contributed by atoms with Crippen molar-refractivity contribution in [2.75, 3.05) is 7.11 Å². The standard InChI is InChI=1S/C18H20O3/c1-12-5-6-13(2)17(11-12)18(19)14(3)21-16-9-7-15(20-4)8-10-16/h5-11,14H,1-4H3. The molecule has 3 heteroatoms. The van der Waals surface area contributed by atoms with Crippen LogP contribution >= 0.6 is 0 Å². The molecule has 3 nitrogen and oxygen atoms in total. The van der Waals surface area contributed by atoms with Gasteiger partial charge in [0.2, 0.25) is 5.78 Å². The molecule has 1 unspecified atom stereocenters. The number of carbonyl (C=O) groups excluding carboxylic acids is 1. The molecule has 0 aliphatic rings. The second-order valence-electron chi connectivity index (χ2n) is 5.12. The molecule has 0 aliphatic carbocycles. The number of Topliss-reactive ketones (excluding diaryl/α,β-unsaturated/α-hetero) is 1. The summed E-state index contributed by atoms with van der Waals surface area (Å²) in [5.74, 6) is 1.41. The fourth-order valence-electron chi connectivity index (χ4n) is 2.13. The minimum Gasteiger partial charge on any atom is -0.497 e. The van der Waals surface area contributed by atoms with Crippen LogP contribution in [0, 0.1) is 13.8 Å². The van der Waals surface area contributed by atoms with Gasteiger partial charge >= 0.3 is 0 Å². The Balaban J connectivity index is 2.13. The summed E-state index contributed by atoms with van der Waals surface area (Å²) in [6.45, 7) is 5.69. The van der Waals surface area contributed by atoms with Crippen molar-refractivity contribution in [1.29, 1.82) is 0 Å². The summed E-state index contributed by atoms with van der Waals surface area (Å²) in [5, 5.41) is 0. The van der Waals surface area contributed by atoms with Gasteiger partial charge in [-0.05, 0) is 56.7 Å². The van der Waals surface area contributed by atoms with E-state index in [-0.39, 0.29) is 5.78 Å². The lowest BCUT2D eigenvalue weighted by Crippen LogP contribution is -2.24. The van der Waals surface area contributed by atoms with Gasteiger partial charge in [-0.15, -0.1) is 0 Å². The van der Waals surface area contributed by atoms with E-state index in [1.54, 1.807) is 26.2 Å². The highest BCUT2D eigenvalue weighted by Crippen LogP contribution is 2.20. The van der Waals surface area contributed by atoms with Crippen molar-refractivity contribution in [3.05, 3.63) is 59.2 Å². The molecule has 0 N–H and O–H groups in total. The van der Waals surface area contributed by atoms with Crippen molar-refractivity contribution >= 4 is 5.78 Å². The zero-order chi connectivity index (χ0) is 15.4. The molecule has 0 heterocycles. The van der Waals surface area contributed by atoms with Crippen LogP contribution < -0.4 is 9.47 Å². The van der Waals surface area contributed by atoms with E-state index in [1.165, 1.54) is 0 Å². The van der Waals surface area contributed by atoms with Gasteiger partial charge in [-0.2, -0.15) is 0 Å². The molecule has 0 spiro atoms. The Morgan fingerprint density at radius 1 is 1.00 bits per heavy atom. The van der Waals surface area contributed by atoms with Crippen LogP contribution in [0.2, 0.25) is 0 Å². The van der Waals surface area contributed by atoms with E-state index in [4.69, 9.17) is 9.47 Å². The molecule has 1 atom stereocenters. The molecule has 0 radical (unpaired) electrons. The highest BCUT2D eigenvalue weighted by molar-refractivity contribution is 6.00. The van der Waals surface area contributed by atoms with Crippen molar-refractivity contribution in [1.82, 2.24) is 0 Å². The third-order valence-corrected chi connectivity index (χ3v) is 3.40. The zero-order valence-electron chi connectivity index (χ0n) is 12.8. The summed E-state index contributed by atoms with van der Waals surface area (Å²) >= 11 is 0. The molecular weight excluding hydrogens is 264 g/mol. The SMILES string of the molecule is COc1ccc(OC(C)C(=O)c2cc(C)ccc2C)cc1. The van der Waals surface area contributed by atoms with Gasteiger partial charge in [-0.25, -0.2) is 0 Å². The second kappa shape index (κ2) is 6.44. The number of methoxy groups -OCH3 is 1. The smallest absolute Gasteiger partial charge is 0.203 e. The van der Waals surface area contributed by atoms with E-state index >= 15 is 0 Å². The molecule has 2 aromatic rings. The Labute approximate surface area is 125 Å². The van der Waals surface area contributed by atoms with Gasteiger partial charge < -0.3 is 9.47 Å². The largest absolute Gasteiger partial charge is 0.497 e. The maximum atomic E-state index is 12.5. The summed E-state index contributed by atoms with van der Waals surface area (Å²) in [4.78, 5) is 12.5. The number of benzene rings is 2. The first-order chi connectivity index (χ1) is 10.0. The first kappa shape index (κ1) is 15.1. The fourth-order valence-corrected chi connectivity index (χ4v) is 2.13. The van der Waals surface area contributed by atoms with E-state index in [1.807, 2.05) is 44.2 Å². The van der Waals surface area contributed by atoms with Crippen molar-refractivity contribution in [3.8, 4) is 11.5 Å². The Hall–Kier alpha value is -2.29. The Morgan fingerprint density at radius 2 is 1.62 bits per heavy atom. The molecule has 0 bridgehead atoms. The summed E-state index contributed by atoms with van der Waals surface area (Å²) in [6.07, 6.45) is -0.529. The molecule has 2 aromatic carbocycles. The van der Waals surface area contributed by atoms with Gasteiger partial charge in [0.05, 0.1) is 7.11 Å². The van der Waals surface area contributed by atoms with Gasteiger partial charge in [0.25, 0.3) is 0 Å². The third-order valence-electron chi connectivity index (χ3n) is 3.40. The quantitative estimate of drug-likeness (QED) is 0.780. The zero-order valence-corrected chi connectivity index (χ0v) is 12.8. The van der Waals surface area contributed by atoms with Crippen LogP contribution in [0.4, 0.5) is 0 Å². The molecule has 0 saturated carbocycles. The number of hydrogen-bond donors (Lipinski definition) is 0. The summed E-state index contributed by atoms with van der Waals surface area (Å²) in [6, 6.07) is 13.1. The molecule has 0 aliphatic heterocycles. The number of aryl methyl sites for hydroxylation is 2. The van der Waals surface area contributed by atoms with Crippen molar-refractivity contribution in [2.24, 2.45) is 0 Å². The van der Waals surface area contributed by atoms with Crippen molar-refractivity contribution in [3.63, 3.8) is 0 Å². The van der Waals surface area contributed by atoms with Gasteiger partial charge in [-0.3, -0.25) is 4.79 Å². The van der Waals surface area contributed by atoms with Crippen LogP contribution in [0.15, 0.2) is 42.5 Å². The van der Waals surface area contributed by atoms with Gasteiger partial charge in [0.1, 0.15) is 11.5 Å². The average molecular weight is 284 g/mol. The van der Waals surface area contributed by atoms with E-state index in [0.717, 1.165) is 22.4 Å². The molecular formula is C18H20O3. The summed E-state index contributed by atoms with van der Waals surface area (Å²) in [5.41, 5.74) is 2.76. The number of rotatable bonds is 5. The minimum atomic E-state index is -0.529. The Bertz CT molecular complexity index is 629. The number of hydrogen-bond acceptors (Lipinski definition) is 3. The van der Waals surface area contributed by atoms with Gasteiger partial charge in [-0.1, -0.05) is 17.7 Å². The fraction of sp³-hybridized carbons (Fsp3) is 0.278. The molecule has 21 heavy (non-hydrogen) atoms. The van der Waals surface area contributed by atoms with Crippen LogP contribution in [0.3, 0.4) is 0 Å². The van der Waals surface area contributed by atoms with Crippen LogP contribution in [-0.2, 0) is 0 Å². The minimum absolute atomic E-state index is 0.00739. The lowest BCUT2D eigenvalue weighted by molar-refractivity contribution is 0.0817. The maximum absolute atomic E-state index is 12.5. The first-order valence-corrected chi connectivity index (χ1v) is 6.93. The van der Waals surface area contributed by atoms with E-state index in [0.29, 0.717) is 5.75 Å². The van der Waals surface area contributed by atoms with Crippen LogP contribution in [-0.4, -0.2) is 19.0 Å². The average Bonchev–Trinajstić information content (AvgIpc) is 2.49. The highest BCUT2D eigenvalue weighted by Gasteiger charge is 2.18. The lowest BCUT2D eigenvalue weighted by atomic mass is 9.99. The number of ketones is 1. The lowest BCUT2D eigenvalue weighted by Gasteiger charge is -2.15. The first-order valence-electron chi connectivity index (χ1n) is 6.93. The monoisotopic (exact) mass is 284 g/mol. The Morgan fingerprint density at radius 3 is 2.24 bits per heavy atom. The predicted molar refractivity (Wildman–Crippen MR) is 83.3 cm³/mol. The highest BCUT2D eigenvalue weighted by atomic mass is 16.5. The van der Waals surface area contributed by atoms with Crippen molar-refractivity contribution in [2.45, 2.75) is 26.9 Å². The number of ether oxygens (including phenoxy) is 2. The van der Waals surface area contributed by atoms with Crippen LogP contribution in [0.25, 0.3) is 0 Å². The summed E-state index contributed by atoms with van der Waals surface area (Å²) < 4.78 is 10.8.